The molecule has 0 spiro atoms. The Morgan fingerprint density at radius 3 is 2.39 bits per heavy atom. The fourth-order valence-corrected chi connectivity index (χ4v) is 3.57. The highest BCUT2D eigenvalue weighted by molar-refractivity contribution is 7.08. The van der Waals surface area contributed by atoms with Gasteiger partial charge in [-0.15, -0.1) is 0 Å². The molecule has 104 valence electrons. The van der Waals surface area contributed by atoms with E-state index in [1.165, 1.54) is 30.4 Å². The minimum Gasteiger partial charge on any atom is -0.310 e. The van der Waals surface area contributed by atoms with Crippen LogP contribution in [0.15, 0.2) is 10.8 Å². The van der Waals surface area contributed by atoms with Gasteiger partial charge in [-0.25, -0.2) is 0 Å². The van der Waals surface area contributed by atoms with E-state index in [-0.39, 0.29) is 0 Å². The van der Waals surface area contributed by atoms with Crippen LogP contribution in [-0.2, 0) is 0 Å². The summed E-state index contributed by atoms with van der Waals surface area (Å²) < 4.78 is 0. The smallest absolute Gasteiger partial charge is 0.0333 e. The number of hydrogen-bond donors (Lipinski definition) is 1. The van der Waals surface area contributed by atoms with Crippen LogP contribution < -0.4 is 5.32 Å². The molecule has 0 aliphatic carbocycles. The molecular formula is C16H29NS. The second-order valence-electron chi connectivity index (χ2n) is 5.99. The van der Waals surface area contributed by atoms with Crippen LogP contribution in [0.3, 0.4) is 0 Å². The summed E-state index contributed by atoms with van der Waals surface area (Å²) in [6, 6.07) is 0.546. The fourth-order valence-electron chi connectivity index (χ4n) is 2.67. The summed E-state index contributed by atoms with van der Waals surface area (Å²) in [4.78, 5) is 0. The van der Waals surface area contributed by atoms with Crippen LogP contribution >= 0.6 is 11.3 Å². The van der Waals surface area contributed by atoms with Crippen molar-refractivity contribution in [2.45, 2.75) is 59.9 Å². The first-order chi connectivity index (χ1) is 8.54. The van der Waals surface area contributed by atoms with Crippen LogP contribution in [0.5, 0.6) is 0 Å². The van der Waals surface area contributed by atoms with Crippen molar-refractivity contribution >= 4 is 11.3 Å². The van der Waals surface area contributed by atoms with Crippen LogP contribution in [0.1, 0.15) is 64.1 Å². The molecule has 2 unspecified atom stereocenters. The maximum absolute atomic E-state index is 3.72. The van der Waals surface area contributed by atoms with Gasteiger partial charge in [-0.1, -0.05) is 27.7 Å². The largest absolute Gasteiger partial charge is 0.310 e. The lowest BCUT2D eigenvalue weighted by Crippen LogP contribution is -2.24. The number of rotatable bonds is 8. The first kappa shape index (κ1) is 15.7. The molecule has 1 aromatic heterocycles. The summed E-state index contributed by atoms with van der Waals surface area (Å²) in [5, 5.41) is 8.31. The summed E-state index contributed by atoms with van der Waals surface area (Å²) >= 11 is 1.83. The molecule has 0 bridgehead atoms. The van der Waals surface area contributed by atoms with E-state index in [0.29, 0.717) is 6.04 Å². The number of nitrogens with one attached hydrogen (secondary N) is 1. The van der Waals surface area contributed by atoms with Gasteiger partial charge in [-0.3, -0.25) is 0 Å². The molecule has 0 aliphatic heterocycles. The number of hydrogen-bond acceptors (Lipinski definition) is 2. The van der Waals surface area contributed by atoms with Crippen molar-refractivity contribution in [1.82, 2.24) is 5.32 Å². The summed E-state index contributed by atoms with van der Waals surface area (Å²) in [7, 11) is 0. The monoisotopic (exact) mass is 267 g/mol. The lowest BCUT2D eigenvalue weighted by molar-refractivity contribution is 0.356. The van der Waals surface area contributed by atoms with Gasteiger partial charge in [0.05, 0.1) is 0 Å². The van der Waals surface area contributed by atoms with E-state index in [0.717, 1.165) is 18.4 Å². The van der Waals surface area contributed by atoms with Gasteiger partial charge >= 0.3 is 0 Å². The average molecular weight is 267 g/mol. The molecule has 0 fully saturated rings. The van der Waals surface area contributed by atoms with Crippen LogP contribution in [0.25, 0.3) is 0 Å². The molecule has 0 saturated heterocycles. The predicted molar refractivity (Wildman–Crippen MR) is 83.3 cm³/mol. The zero-order valence-corrected chi connectivity index (χ0v) is 13.4. The third kappa shape index (κ3) is 5.11. The van der Waals surface area contributed by atoms with Gasteiger partial charge in [-0.2, -0.15) is 11.3 Å². The molecule has 18 heavy (non-hydrogen) atoms. The number of aryl methyl sites for hydroxylation is 1. The molecule has 0 aromatic carbocycles. The molecule has 1 rings (SSSR count). The van der Waals surface area contributed by atoms with Crippen LogP contribution in [0.4, 0.5) is 0 Å². The van der Waals surface area contributed by atoms with E-state index in [1.54, 1.807) is 0 Å². The maximum atomic E-state index is 3.72. The Morgan fingerprint density at radius 1 is 1.17 bits per heavy atom. The molecule has 0 aliphatic rings. The van der Waals surface area contributed by atoms with Crippen molar-refractivity contribution in [1.29, 1.82) is 0 Å². The number of thiophene rings is 1. The zero-order valence-electron chi connectivity index (χ0n) is 12.6. The first-order valence-corrected chi connectivity index (χ1v) is 8.24. The molecule has 2 atom stereocenters. The SMILES string of the molecule is CCCNC(CC(C)CC(C)C)c1cscc1C. The summed E-state index contributed by atoms with van der Waals surface area (Å²) in [6.07, 6.45) is 3.79. The van der Waals surface area contributed by atoms with Gasteiger partial charge in [0.1, 0.15) is 0 Å². The van der Waals surface area contributed by atoms with Gasteiger partial charge in [0.15, 0.2) is 0 Å². The van der Waals surface area contributed by atoms with E-state index >= 15 is 0 Å². The first-order valence-electron chi connectivity index (χ1n) is 7.30. The van der Waals surface area contributed by atoms with Crippen molar-refractivity contribution in [2.75, 3.05) is 6.54 Å². The Kier molecular flexibility index (Phi) is 6.95. The Morgan fingerprint density at radius 2 is 1.89 bits per heavy atom. The molecule has 1 N–H and O–H groups in total. The third-order valence-corrected chi connectivity index (χ3v) is 4.30. The third-order valence-electron chi connectivity index (χ3n) is 3.42. The lowest BCUT2D eigenvalue weighted by Gasteiger charge is -2.23. The van der Waals surface area contributed by atoms with E-state index in [9.17, 15) is 0 Å². The van der Waals surface area contributed by atoms with Crippen molar-refractivity contribution < 1.29 is 0 Å². The van der Waals surface area contributed by atoms with Crippen LogP contribution in [0.2, 0.25) is 0 Å². The van der Waals surface area contributed by atoms with E-state index in [2.05, 4.69) is 50.7 Å². The van der Waals surface area contributed by atoms with Crippen molar-refractivity contribution in [3.63, 3.8) is 0 Å². The minimum absolute atomic E-state index is 0.546. The van der Waals surface area contributed by atoms with Gasteiger partial charge in [0, 0.05) is 6.04 Å². The summed E-state index contributed by atoms with van der Waals surface area (Å²) in [5.74, 6) is 1.59. The maximum Gasteiger partial charge on any atom is 0.0333 e. The molecule has 0 radical (unpaired) electrons. The van der Waals surface area contributed by atoms with Crippen molar-refractivity contribution in [2.24, 2.45) is 11.8 Å². The second kappa shape index (κ2) is 7.96. The molecule has 1 aromatic rings. The van der Waals surface area contributed by atoms with Crippen molar-refractivity contribution in [3.05, 3.63) is 21.9 Å². The standard InChI is InChI=1S/C16H29NS/c1-6-7-17-16(9-13(4)8-12(2)3)15-11-18-10-14(15)5/h10-13,16-17H,6-9H2,1-5H3. The van der Waals surface area contributed by atoms with Crippen LogP contribution in [-0.4, -0.2) is 6.54 Å². The highest BCUT2D eigenvalue weighted by Gasteiger charge is 2.17. The normalized spacial score (nSPS) is 15.0. The van der Waals surface area contributed by atoms with E-state index < -0.39 is 0 Å². The zero-order chi connectivity index (χ0) is 13.5. The van der Waals surface area contributed by atoms with Gasteiger partial charge in [-0.05, 0) is 66.5 Å². The van der Waals surface area contributed by atoms with Gasteiger partial charge < -0.3 is 5.32 Å². The van der Waals surface area contributed by atoms with Crippen molar-refractivity contribution in [3.8, 4) is 0 Å². The highest BCUT2D eigenvalue weighted by atomic mass is 32.1. The molecule has 0 saturated carbocycles. The van der Waals surface area contributed by atoms with E-state index in [1.807, 2.05) is 11.3 Å². The molecule has 1 nitrogen and oxygen atoms in total. The lowest BCUT2D eigenvalue weighted by atomic mass is 9.90. The fraction of sp³-hybridized carbons (Fsp3) is 0.750. The Balaban J connectivity index is 2.64. The quantitative estimate of drug-likeness (QED) is 0.685. The molecular weight excluding hydrogens is 238 g/mol. The Bertz CT molecular complexity index is 330. The second-order valence-corrected chi connectivity index (χ2v) is 6.73. The molecule has 0 amide bonds. The van der Waals surface area contributed by atoms with E-state index in [4.69, 9.17) is 0 Å². The highest BCUT2D eigenvalue weighted by Crippen LogP contribution is 2.29. The molecule has 2 heteroatoms. The minimum atomic E-state index is 0.546. The van der Waals surface area contributed by atoms with Crippen LogP contribution in [0, 0.1) is 18.8 Å². The Hall–Kier alpha value is -0.340. The average Bonchev–Trinajstić information content (AvgIpc) is 2.69. The summed E-state index contributed by atoms with van der Waals surface area (Å²) in [6.45, 7) is 12.6. The van der Waals surface area contributed by atoms with Gasteiger partial charge in [0.2, 0.25) is 0 Å². The molecule has 1 heterocycles. The topological polar surface area (TPSA) is 12.0 Å². The predicted octanol–water partition coefficient (Wildman–Crippen LogP) is 5.17. The Labute approximate surface area is 117 Å². The van der Waals surface area contributed by atoms with Gasteiger partial charge in [0.25, 0.3) is 0 Å². The summed E-state index contributed by atoms with van der Waals surface area (Å²) in [5.41, 5.74) is 2.97.